The van der Waals surface area contributed by atoms with Crippen LogP contribution in [0.15, 0.2) is 18.5 Å². The molecule has 7 nitrogen and oxygen atoms in total. The molecule has 1 heterocycles. The number of aliphatic carboxylic acids is 1. The zero-order valence-electron chi connectivity index (χ0n) is 11.2. The first kappa shape index (κ1) is 14.2. The minimum Gasteiger partial charge on any atom is -0.481 e. The highest BCUT2D eigenvalue weighted by atomic mass is 16.6. The number of anilines is 1. The Morgan fingerprint density at radius 1 is 1.60 bits per heavy atom. The molecular weight excluding hydrogens is 262 g/mol. The number of pyridine rings is 1. The van der Waals surface area contributed by atoms with E-state index in [9.17, 15) is 20.0 Å². The van der Waals surface area contributed by atoms with Gasteiger partial charge in [-0.2, -0.15) is 0 Å². The summed E-state index contributed by atoms with van der Waals surface area (Å²) in [6, 6.07) is 1.18. The van der Waals surface area contributed by atoms with Crippen LogP contribution in [0.2, 0.25) is 0 Å². The van der Waals surface area contributed by atoms with Crippen LogP contribution in [-0.4, -0.2) is 27.0 Å². The van der Waals surface area contributed by atoms with Gasteiger partial charge in [0.25, 0.3) is 0 Å². The van der Waals surface area contributed by atoms with Crippen molar-refractivity contribution in [3.8, 4) is 0 Å². The summed E-state index contributed by atoms with van der Waals surface area (Å²) < 4.78 is 0. The van der Waals surface area contributed by atoms with Crippen molar-refractivity contribution in [2.24, 2.45) is 5.41 Å². The van der Waals surface area contributed by atoms with Crippen LogP contribution in [-0.2, 0) is 4.79 Å². The molecule has 0 spiro atoms. The van der Waals surface area contributed by atoms with E-state index in [2.05, 4.69) is 10.3 Å². The summed E-state index contributed by atoms with van der Waals surface area (Å²) in [5, 5.41) is 23.4. The van der Waals surface area contributed by atoms with Gasteiger partial charge >= 0.3 is 11.7 Å². The predicted octanol–water partition coefficient (Wildman–Crippen LogP) is 2.44. The van der Waals surface area contributed by atoms with E-state index in [1.807, 2.05) is 0 Å². The summed E-state index contributed by atoms with van der Waals surface area (Å²) in [6.45, 7) is 1.69. The molecule has 20 heavy (non-hydrogen) atoms. The van der Waals surface area contributed by atoms with Crippen molar-refractivity contribution in [2.45, 2.75) is 38.6 Å². The van der Waals surface area contributed by atoms with E-state index in [0.29, 0.717) is 18.5 Å². The molecule has 2 atom stereocenters. The fraction of sp³-hybridized carbons (Fsp3) is 0.538. The minimum absolute atomic E-state index is 0.134. The van der Waals surface area contributed by atoms with Crippen LogP contribution in [0.5, 0.6) is 0 Å². The molecule has 0 bridgehead atoms. The lowest BCUT2D eigenvalue weighted by Crippen LogP contribution is -2.46. The molecule has 1 fully saturated rings. The Hall–Kier alpha value is -2.18. The summed E-state index contributed by atoms with van der Waals surface area (Å²) >= 11 is 0. The quantitative estimate of drug-likeness (QED) is 0.647. The molecule has 108 valence electrons. The van der Waals surface area contributed by atoms with Crippen molar-refractivity contribution in [2.75, 3.05) is 5.32 Å². The first-order valence-electron chi connectivity index (χ1n) is 6.53. The average Bonchev–Trinajstić information content (AvgIpc) is 2.41. The number of nitro groups is 1. The molecule has 1 aliphatic rings. The van der Waals surface area contributed by atoms with Gasteiger partial charge in [-0.3, -0.25) is 19.9 Å². The first-order chi connectivity index (χ1) is 9.45. The zero-order valence-corrected chi connectivity index (χ0v) is 11.2. The Bertz CT molecular complexity index is 534. The number of carboxylic acid groups (broad SMARTS) is 1. The van der Waals surface area contributed by atoms with Crippen molar-refractivity contribution < 1.29 is 14.8 Å². The van der Waals surface area contributed by atoms with Gasteiger partial charge in [0.15, 0.2) is 0 Å². The lowest BCUT2D eigenvalue weighted by Gasteiger charge is -2.38. The van der Waals surface area contributed by atoms with Crippen molar-refractivity contribution in [3.05, 3.63) is 28.6 Å². The number of aromatic nitrogens is 1. The summed E-state index contributed by atoms with van der Waals surface area (Å²) in [6.07, 6.45) is 5.65. The maximum atomic E-state index is 11.5. The Balaban J connectivity index is 2.28. The van der Waals surface area contributed by atoms with Gasteiger partial charge < -0.3 is 10.4 Å². The predicted molar refractivity (Wildman–Crippen MR) is 72.5 cm³/mol. The van der Waals surface area contributed by atoms with Crippen LogP contribution in [0.1, 0.15) is 32.6 Å². The number of nitrogens with zero attached hydrogens (tertiary/aromatic N) is 2. The monoisotopic (exact) mass is 279 g/mol. The van der Waals surface area contributed by atoms with Crippen molar-refractivity contribution in [1.82, 2.24) is 4.98 Å². The Morgan fingerprint density at radius 3 is 3.00 bits per heavy atom. The highest BCUT2D eigenvalue weighted by Gasteiger charge is 2.43. The molecular formula is C13H17N3O4. The van der Waals surface area contributed by atoms with Gasteiger partial charge in [0.2, 0.25) is 0 Å². The number of carbonyl (C=O) groups is 1. The van der Waals surface area contributed by atoms with Gasteiger partial charge in [-0.25, -0.2) is 0 Å². The maximum absolute atomic E-state index is 11.5. The summed E-state index contributed by atoms with van der Waals surface area (Å²) in [7, 11) is 0. The fourth-order valence-electron chi connectivity index (χ4n) is 2.66. The third-order valence-electron chi connectivity index (χ3n) is 4.02. The molecule has 7 heteroatoms. The topological polar surface area (TPSA) is 105 Å². The highest BCUT2D eigenvalue weighted by molar-refractivity contribution is 5.76. The van der Waals surface area contributed by atoms with E-state index in [-0.39, 0.29) is 11.7 Å². The second kappa shape index (κ2) is 5.44. The maximum Gasteiger partial charge on any atom is 0.311 e. The zero-order chi connectivity index (χ0) is 14.8. The Morgan fingerprint density at radius 2 is 2.35 bits per heavy atom. The minimum atomic E-state index is -0.907. The second-order valence-electron chi connectivity index (χ2n) is 5.32. The molecule has 1 aliphatic carbocycles. The summed E-state index contributed by atoms with van der Waals surface area (Å²) in [4.78, 5) is 25.7. The molecule has 1 aromatic heterocycles. The van der Waals surface area contributed by atoms with E-state index >= 15 is 0 Å². The van der Waals surface area contributed by atoms with E-state index in [4.69, 9.17) is 0 Å². The molecule has 2 N–H and O–H groups in total. The van der Waals surface area contributed by atoms with Crippen molar-refractivity contribution >= 4 is 17.3 Å². The summed E-state index contributed by atoms with van der Waals surface area (Å²) in [5.74, 6) is -0.869. The second-order valence-corrected chi connectivity index (χ2v) is 5.32. The van der Waals surface area contributed by atoms with Gasteiger partial charge in [0.05, 0.1) is 10.3 Å². The fourth-order valence-corrected chi connectivity index (χ4v) is 2.66. The van der Waals surface area contributed by atoms with Crippen LogP contribution in [0.3, 0.4) is 0 Å². The van der Waals surface area contributed by atoms with E-state index in [1.54, 1.807) is 6.92 Å². The average molecular weight is 279 g/mol. The molecule has 0 saturated heterocycles. The molecule has 0 aliphatic heterocycles. The smallest absolute Gasteiger partial charge is 0.311 e. The number of hydrogen-bond donors (Lipinski definition) is 2. The van der Waals surface area contributed by atoms with Crippen molar-refractivity contribution in [1.29, 1.82) is 0 Å². The van der Waals surface area contributed by atoms with Crippen LogP contribution < -0.4 is 5.32 Å². The first-order valence-corrected chi connectivity index (χ1v) is 6.53. The third kappa shape index (κ3) is 2.56. The molecule has 1 aromatic rings. The SMILES string of the molecule is CC1(C(=O)O)CCCCC1Nc1ccncc1[N+](=O)[O-]. The highest BCUT2D eigenvalue weighted by Crippen LogP contribution is 2.39. The number of nitrogens with one attached hydrogen (secondary N) is 1. The van der Waals surface area contributed by atoms with Gasteiger partial charge in [-0.15, -0.1) is 0 Å². The van der Waals surface area contributed by atoms with Crippen molar-refractivity contribution in [3.63, 3.8) is 0 Å². The van der Waals surface area contributed by atoms with Crippen LogP contribution in [0, 0.1) is 15.5 Å². The van der Waals surface area contributed by atoms with Crippen LogP contribution in [0.25, 0.3) is 0 Å². The lowest BCUT2D eigenvalue weighted by molar-refractivity contribution is -0.384. The largest absolute Gasteiger partial charge is 0.481 e. The lowest BCUT2D eigenvalue weighted by atomic mass is 9.71. The number of rotatable bonds is 4. The summed E-state index contributed by atoms with van der Waals surface area (Å²) in [5.41, 5.74) is -0.717. The van der Waals surface area contributed by atoms with Gasteiger partial charge in [-0.1, -0.05) is 12.8 Å². The van der Waals surface area contributed by atoms with Gasteiger partial charge in [0.1, 0.15) is 11.9 Å². The van der Waals surface area contributed by atoms with Gasteiger partial charge in [0, 0.05) is 12.2 Å². The molecule has 1 saturated carbocycles. The molecule has 2 rings (SSSR count). The molecule has 0 amide bonds. The standard InChI is InChI=1S/C13H17N3O4/c1-13(12(17)18)6-3-2-4-11(13)15-9-5-7-14-8-10(9)16(19)20/h5,7-8,11H,2-4,6H2,1H3,(H,14,15)(H,17,18). The number of hydrogen-bond acceptors (Lipinski definition) is 5. The van der Waals surface area contributed by atoms with Crippen LogP contribution >= 0.6 is 0 Å². The molecule has 0 radical (unpaired) electrons. The third-order valence-corrected chi connectivity index (χ3v) is 4.02. The van der Waals surface area contributed by atoms with E-state index < -0.39 is 16.3 Å². The molecule has 0 aromatic carbocycles. The normalized spacial score (nSPS) is 25.9. The number of carboxylic acids is 1. The van der Waals surface area contributed by atoms with E-state index in [0.717, 1.165) is 12.8 Å². The van der Waals surface area contributed by atoms with E-state index in [1.165, 1.54) is 18.5 Å². The molecule has 2 unspecified atom stereocenters. The Labute approximate surface area is 116 Å². The Kier molecular flexibility index (Phi) is 3.87. The van der Waals surface area contributed by atoms with Gasteiger partial charge in [-0.05, 0) is 25.8 Å². The van der Waals surface area contributed by atoms with Crippen LogP contribution in [0.4, 0.5) is 11.4 Å².